The Bertz CT molecular complexity index is 1200. The standard InChI is InChI=1S/C25H22N4O2S2/c30-23(20-12-7-15-32-20)28-24-26-19-13-14-29(16-21(19)33-24)25(31)27-22(17-8-3-1-4-9-17)18-10-5-2-6-11-18/h1-12,15,22H,13-14,16H2,(H,27,31)(H,26,28,30). The zero-order valence-corrected chi connectivity index (χ0v) is 19.4. The number of anilines is 1. The van der Waals surface area contributed by atoms with Crippen LogP contribution in [0.2, 0.25) is 0 Å². The number of hydrogen-bond donors (Lipinski definition) is 2. The van der Waals surface area contributed by atoms with Crippen molar-refractivity contribution < 1.29 is 9.59 Å². The number of urea groups is 1. The number of thiophene rings is 1. The maximum atomic E-state index is 13.2. The molecule has 0 atom stereocenters. The van der Waals surface area contributed by atoms with Gasteiger partial charge in [-0.3, -0.25) is 10.1 Å². The van der Waals surface area contributed by atoms with E-state index in [0.29, 0.717) is 29.5 Å². The number of thiazole rings is 1. The van der Waals surface area contributed by atoms with E-state index in [-0.39, 0.29) is 18.0 Å². The molecule has 2 aromatic heterocycles. The van der Waals surface area contributed by atoms with Crippen LogP contribution in [0.1, 0.15) is 37.4 Å². The average molecular weight is 475 g/mol. The minimum absolute atomic E-state index is 0.115. The maximum Gasteiger partial charge on any atom is 0.318 e. The lowest BCUT2D eigenvalue weighted by Crippen LogP contribution is -2.44. The summed E-state index contributed by atoms with van der Waals surface area (Å²) in [6.45, 7) is 1.06. The molecule has 0 bridgehead atoms. The summed E-state index contributed by atoms with van der Waals surface area (Å²) in [7, 11) is 0. The van der Waals surface area contributed by atoms with Gasteiger partial charge in [0, 0.05) is 17.8 Å². The molecule has 2 aromatic carbocycles. The van der Waals surface area contributed by atoms with Crippen molar-refractivity contribution in [3.63, 3.8) is 0 Å². The highest BCUT2D eigenvalue weighted by atomic mass is 32.1. The van der Waals surface area contributed by atoms with E-state index < -0.39 is 0 Å². The fourth-order valence-electron chi connectivity index (χ4n) is 3.85. The van der Waals surface area contributed by atoms with Gasteiger partial charge >= 0.3 is 6.03 Å². The molecule has 1 aliphatic heterocycles. The molecule has 0 fully saturated rings. The number of nitrogens with one attached hydrogen (secondary N) is 2. The molecule has 6 nitrogen and oxygen atoms in total. The van der Waals surface area contributed by atoms with E-state index in [0.717, 1.165) is 21.7 Å². The molecule has 0 radical (unpaired) electrons. The number of aromatic nitrogens is 1. The van der Waals surface area contributed by atoms with E-state index in [1.54, 1.807) is 6.07 Å². The Morgan fingerprint density at radius 3 is 2.27 bits per heavy atom. The first-order chi connectivity index (χ1) is 16.2. The minimum Gasteiger partial charge on any atom is -0.327 e. The van der Waals surface area contributed by atoms with Gasteiger partial charge in [0.15, 0.2) is 5.13 Å². The summed E-state index contributed by atoms with van der Waals surface area (Å²) in [5, 5.41) is 8.54. The van der Waals surface area contributed by atoms with Gasteiger partial charge < -0.3 is 10.2 Å². The number of carbonyl (C=O) groups is 2. The first-order valence-corrected chi connectivity index (χ1v) is 12.4. The summed E-state index contributed by atoms with van der Waals surface area (Å²) in [6, 6.07) is 23.3. The van der Waals surface area contributed by atoms with Gasteiger partial charge in [-0.15, -0.1) is 11.3 Å². The molecule has 0 aliphatic carbocycles. The number of benzene rings is 2. The zero-order chi connectivity index (χ0) is 22.6. The molecule has 0 saturated heterocycles. The van der Waals surface area contributed by atoms with Gasteiger partial charge in [0.1, 0.15) is 0 Å². The Labute approximate surface area is 199 Å². The van der Waals surface area contributed by atoms with Gasteiger partial charge in [0.2, 0.25) is 0 Å². The summed E-state index contributed by atoms with van der Waals surface area (Å²) >= 11 is 2.83. The Kier molecular flexibility index (Phi) is 6.19. The topological polar surface area (TPSA) is 74.3 Å². The largest absolute Gasteiger partial charge is 0.327 e. The van der Waals surface area contributed by atoms with Crippen LogP contribution in [0.15, 0.2) is 78.2 Å². The van der Waals surface area contributed by atoms with Crippen LogP contribution in [-0.2, 0) is 13.0 Å². The minimum atomic E-state index is -0.233. The predicted octanol–water partition coefficient (Wildman–Crippen LogP) is 5.31. The normalized spacial score (nSPS) is 12.9. The summed E-state index contributed by atoms with van der Waals surface area (Å²) in [4.78, 5) is 33.6. The van der Waals surface area contributed by atoms with Gasteiger partial charge in [0.05, 0.1) is 23.2 Å². The molecule has 4 aromatic rings. The third kappa shape index (κ3) is 4.81. The molecule has 3 amide bonds. The Balaban J connectivity index is 1.29. The summed E-state index contributed by atoms with van der Waals surface area (Å²) in [5.74, 6) is -0.153. The number of nitrogens with zero attached hydrogens (tertiary/aromatic N) is 2. The monoisotopic (exact) mass is 474 g/mol. The number of carbonyl (C=O) groups excluding carboxylic acids is 2. The van der Waals surface area contributed by atoms with E-state index in [2.05, 4.69) is 15.6 Å². The molecule has 0 unspecified atom stereocenters. The third-order valence-electron chi connectivity index (χ3n) is 5.52. The molecule has 33 heavy (non-hydrogen) atoms. The van der Waals surface area contributed by atoms with Crippen molar-refractivity contribution >= 4 is 39.7 Å². The number of rotatable bonds is 5. The van der Waals surface area contributed by atoms with Gasteiger partial charge in [-0.05, 0) is 22.6 Å². The molecule has 3 heterocycles. The Hall–Kier alpha value is -3.49. The molecular formula is C25H22N4O2S2. The van der Waals surface area contributed by atoms with Crippen LogP contribution in [0.4, 0.5) is 9.93 Å². The van der Waals surface area contributed by atoms with Crippen LogP contribution in [0.25, 0.3) is 0 Å². The number of hydrogen-bond acceptors (Lipinski definition) is 5. The second-order valence-electron chi connectivity index (χ2n) is 7.70. The molecule has 2 N–H and O–H groups in total. The van der Waals surface area contributed by atoms with Crippen molar-refractivity contribution in [3.8, 4) is 0 Å². The molecule has 0 saturated carbocycles. The third-order valence-corrected chi connectivity index (χ3v) is 7.38. The van der Waals surface area contributed by atoms with Gasteiger partial charge in [-0.25, -0.2) is 9.78 Å². The fourth-order valence-corrected chi connectivity index (χ4v) is 5.49. The smallest absolute Gasteiger partial charge is 0.318 e. The van der Waals surface area contributed by atoms with Crippen molar-refractivity contribution in [3.05, 3.63) is 105 Å². The van der Waals surface area contributed by atoms with Crippen molar-refractivity contribution in [2.45, 2.75) is 19.0 Å². The van der Waals surface area contributed by atoms with Crippen molar-refractivity contribution in [1.29, 1.82) is 0 Å². The predicted molar refractivity (Wildman–Crippen MR) is 132 cm³/mol. The van der Waals surface area contributed by atoms with Crippen molar-refractivity contribution in [2.75, 3.05) is 11.9 Å². The fraction of sp³-hybridized carbons (Fsp3) is 0.160. The van der Waals surface area contributed by atoms with E-state index in [1.165, 1.54) is 22.7 Å². The maximum absolute atomic E-state index is 13.2. The highest BCUT2D eigenvalue weighted by molar-refractivity contribution is 7.16. The van der Waals surface area contributed by atoms with Crippen LogP contribution in [0, 0.1) is 0 Å². The number of amides is 3. The number of fused-ring (bicyclic) bond motifs is 1. The van der Waals surface area contributed by atoms with Crippen LogP contribution in [0.5, 0.6) is 0 Å². The highest BCUT2D eigenvalue weighted by Crippen LogP contribution is 2.30. The van der Waals surface area contributed by atoms with Crippen LogP contribution in [-0.4, -0.2) is 28.4 Å². The van der Waals surface area contributed by atoms with Crippen LogP contribution in [0.3, 0.4) is 0 Å². The van der Waals surface area contributed by atoms with Crippen LogP contribution >= 0.6 is 22.7 Å². The van der Waals surface area contributed by atoms with Crippen LogP contribution < -0.4 is 10.6 Å². The first kappa shape index (κ1) is 21.4. The Morgan fingerprint density at radius 1 is 0.939 bits per heavy atom. The van der Waals surface area contributed by atoms with E-state index in [4.69, 9.17) is 0 Å². The van der Waals surface area contributed by atoms with Gasteiger partial charge in [0.25, 0.3) is 5.91 Å². The molecular weight excluding hydrogens is 452 g/mol. The lowest BCUT2D eigenvalue weighted by atomic mass is 9.99. The van der Waals surface area contributed by atoms with Gasteiger partial charge in [-0.1, -0.05) is 78.1 Å². The van der Waals surface area contributed by atoms with Crippen molar-refractivity contribution in [2.24, 2.45) is 0 Å². The van der Waals surface area contributed by atoms with Gasteiger partial charge in [-0.2, -0.15) is 0 Å². The highest BCUT2D eigenvalue weighted by Gasteiger charge is 2.27. The lowest BCUT2D eigenvalue weighted by Gasteiger charge is -2.29. The Morgan fingerprint density at radius 2 is 1.64 bits per heavy atom. The van der Waals surface area contributed by atoms with Crippen molar-refractivity contribution in [1.82, 2.24) is 15.2 Å². The molecule has 8 heteroatoms. The second kappa shape index (κ2) is 9.56. The summed E-state index contributed by atoms with van der Waals surface area (Å²) < 4.78 is 0. The first-order valence-electron chi connectivity index (χ1n) is 10.7. The van der Waals surface area contributed by atoms with E-state index in [1.807, 2.05) is 77.0 Å². The van der Waals surface area contributed by atoms with E-state index >= 15 is 0 Å². The summed E-state index contributed by atoms with van der Waals surface area (Å²) in [6.07, 6.45) is 0.662. The SMILES string of the molecule is O=C(Nc1nc2c(s1)CN(C(=O)NC(c1ccccc1)c1ccccc1)CC2)c1cccs1. The summed E-state index contributed by atoms with van der Waals surface area (Å²) in [5.41, 5.74) is 3.02. The zero-order valence-electron chi connectivity index (χ0n) is 17.7. The molecule has 5 rings (SSSR count). The average Bonchev–Trinajstić information content (AvgIpc) is 3.53. The quantitative estimate of drug-likeness (QED) is 0.411. The second-order valence-corrected chi connectivity index (χ2v) is 9.73. The molecule has 166 valence electrons. The molecule has 0 spiro atoms. The van der Waals surface area contributed by atoms with E-state index in [9.17, 15) is 9.59 Å². The molecule has 1 aliphatic rings. The lowest BCUT2D eigenvalue weighted by molar-refractivity contribution is 0.103.